The lowest BCUT2D eigenvalue weighted by atomic mass is 10.1. The zero-order valence-electron chi connectivity index (χ0n) is 10.4. The van der Waals surface area contributed by atoms with Crippen molar-refractivity contribution in [3.63, 3.8) is 0 Å². The van der Waals surface area contributed by atoms with Crippen LogP contribution >= 0.6 is 15.9 Å². The van der Waals surface area contributed by atoms with Crippen molar-refractivity contribution in [1.29, 1.82) is 0 Å². The number of carbonyl (C=O) groups excluding carboxylic acids is 1. The minimum Gasteiger partial charge on any atom is -0.384 e. The van der Waals surface area contributed by atoms with E-state index >= 15 is 0 Å². The van der Waals surface area contributed by atoms with Crippen LogP contribution in [0.3, 0.4) is 0 Å². The van der Waals surface area contributed by atoms with E-state index in [1.807, 2.05) is 6.07 Å². The Morgan fingerprint density at radius 1 is 1.53 bits per heavy atom. The van der Waals surface area contributed by atoms with Gasteiger partial charge in [0.15, 0.2) is 0 Å². The highest BCUT2D eigenvalue weighted by Crippen LogP contribution is 2.16. The number of likely N-dealkylation sites (N-methyl/N-ethyl adjacent to an activating group) is 1. The second kappa shape index (κ2) is 6.17. The fraction of sp³-hybridized carbons (Fsp3) is 0.462. The van der Waals surface area contributed by atoms with Gasteiger partial charge in [0.1, 0.15) is 6.10 Å². The van der Waals surface area contributed by atoms with Gasteiger partial charge in [-0.1, -0.05) is 22.0 Å². The molecule has 0 fully saturated rings. The number of hydrogen-bond donors (Lipinski definition) is 1. The molecule has 0 heterocycles. The Kier molecular flexibility index (Phi) is 5.15. The molecule has 4 heteroatoms. The summed E-state index contributed by atoms with van der Waals surface area (Å²) in [7, 11) is 1.71. The first-order valence-corrected chi connectivity index (χ1v) is 6.39. The number of hydrogen-bond acceptors (Lipinski definition) is 2. The highest BCUT2D eigenvalue weighted by atomic mass is 79.9. The third-order valence-corrected chi connectivity index (χ3v) is 3.25. The average Bonchev–Trinajstić information content (AvgIpc) is 2.28. The summed E-state index contributed by atoms with van der Waals surface area (Å²) in [6, 6.07) is 6.12. The van der Waals surface area contributed by atoms with E-state index in [0.717, 1.165) is 10.9 Å². The van der Waals surface area contributed by atoms with E-state index < -0.39 is 6.10 Å². The van der Waals surface area contributed by atoms with Crippen LogP contribution in [0.5, 0.6) is 0 Å². The van der Waals surface area contributed by atoms with Crippen LogP contribution in [0.15, 0.2) is 22.7 Å². The Balaban J connectivity index is 2.61. The van der Waals surface area contributed by atoms with Crippen LogP contribution in [0.2, 0.25) is 0 Å². The maximum absolute atomic E-state index is 11.5. The van der Waals surface area contributed by atoms with E-state index in [9.17, 15) is 9.90 Å². The second-order valence-electron chi connectivity index (χ2n) is 4.26. The molecule has 1 N–H and O–H groups in total. The van der Waals surface area contributed by atoms with Crippen LogP contribution in [0.4, 0.5) is 0 Å². The number of aryl methyl sites for hydroxylation is 1. The number of aliphatic hydroxyl groups excluding tert-OH is 1. The summed E-state index contributed by atoms with van der Waals surface area (Å²) in [6.45, 7) is 4.16. The average molecular weight is 300 g/mol. The monoisotopic (exact) mass is 299 g/mol. The van der Waals surface area contributed by atoms with Gasteiger partial charge in [-0.05, 0) is 43.5 Å². The van der Waals surface area contributed by atoms with Crippen molar-refractivity contribution in [2.24, 2.45) is 0 Å². The molecule has 0 aromatic heterocycles. The fourth-order valence-electron chi connectivity index (χ4n) is 1.63. The SMILES string of the molecule is Cc1ccc(Br)cc1CCN(C)C(=O)C(C)O. The molecule has 1 rings (SSSR count). The van der Waals surface area contributed by atoms with Gasteiger partial charge in [0.2, 0.25) is 0 Å². The lowest BCUT2D eigenvalue weighted by Gasteiger charge is -2.19. The Morgan fingerprint density at radius 3 is 2.76 bits per heavy atom. The number of amides is 1. The van der Waals surface area contributed by atoms with Crippen molar-refractivity contribution in [1.82, 2.24) is 4.90 Å². The predicted molar refractivity (Wildman–Crippen MR) is 71.9 cm³/mol. The van der Waals surface area contributed by atoms with Crippen LogP contribution < -0.4 is 0 Å². The molecule has 1 amide bonds. The summed E-state index contributed by atoms with van der Waals surface area (Å²) in [5.41, 5.74) is 2.43. The quantitative estimate of drug-likeness (QED) is 0.925. The molecule has 94 valence electrons. The largest absolute Gasteiger partial charge is 0.384 e. The van der Waals surface area contributed by atoms with Crippen molar-refractivity contribution < 1.29 is 9.90 Å². The first-order valence-electron chi connectivity index (χ1n) is 5.60. The minimum atomic E-state index is -0.927. The molecular formula is C13H18BrNO2. The van der Waals surface area contributed by atoms with Crippen molar-refractivity contribution >= 4 is 21.8 Å². The van der Waals surface area contributed by atoms with E-state index in [2.05, 4.69) is 35.0 Å². The van der Waals surface area contributed by atoms with Crippen LogP contribution in [0.1, 0.15) is 18.1 Å². The van der Waals surface area contributed by atoms with E-state index in [1.54, 1.807) is 11.9 Å². The molecule has 0 aliphatic rings. The van der Waals surface area contributed by atoms with Crippen molar-refractivity contribution in [2.45, 2.75) is 26.4 Å². The second-order valence-corrected chi connectivity index (χ2v) is 5.17. The number of halogens is 1. The standard InChI is InChI=1S/C13H18BrNO2/c1-9-4-5-12(14)8-11(9)6-7-15(3)13(17)10(2)16/h4-5,8,10,16H,6-7H2,1-3H3. The minimum absolute atomic E-state index is 0.238. The van der Waals surface area contributed by atoms with Crippen LogP contribution in [-0.4, -0.2) is 35.6 Å². The predicted octanol–water partition coefficient (Wildman–Crippen LogP) is 2.14. The molecule has 17 heavy (non-hydrogen) atoms. The lowest BCUT2D eigenvalue weighted by Crippen LogP contribution is -2.36. The number of nitrogens with zero attached hydrogens (tertiary/aromatic N) is 1. The summed E-state index contributed by atoms with van der Waals surface area (Å²) in [4.78, 5) is 13.0. The Bertz CT molecular complexity index is 404. The molecule has 3 nitrogen and oxygen atoms in total. The summed E-state index contributed by atoms with van der Waals surface area (Å²) < 4.78 is 1.04. The molecule has 1 aromatic carbocycles. The Hall–Kier alpha value is -0.870. The van der Waals surface area contributed by atoms with Crippen molar-refractivity contribution in [3.05, 3.63) is 33.8 Å². The molecule has 0 saturated heterocycles. The summed E-state index contributed by atoms with van der Waals surface area (Å²) >= 11 is 3.43. The summed E-state index contributed by atoms with van der Waals surface area (Å²) in [5.74, 6) is -0.238. The molecule has 0 radical (unpaired) electrons. The van der Waals surface area contributed by atoms with Gasteiger partial charge < -0.3 is 10.0 Å². The highest BCUT2D eigenvalue weighted by Gasteiger charge is 2.14. The molecular weight excluding hydrogens is 282 g/mol. The van der Waals surface area contributed by atoms with Crippen LogP contribution in [-0.2, 0) is 11.2 Å². The van der Waals surface area contributed by atoms with Gasteiger partial charge in [0, 0.05) is 18.1 Å². The van der Waals surface area contributed by atoms with Gasteiger partial charge in [0.25, 0.3) is 5.91 Å². The van der Waals surface area contributed by atoms with E-state index in [4.69, 9.17) is 0 Å². The fourth-order valence-corrected chi connectivity index (χ4v) is 2.04. The van der Waals surface area contributed by atoms with Gasteiger partial charge >= 0.3 is 0 Å². The van der Waals surface area contributed by atoms with Crippen LogP contribution in [0.25, 0.3) is 0 Å². The molecule has 0 aliphatic carbocycles. The first kappa shape index (κ1) is 14.2. The van der Waals surface area contributed by atoms with Crippen molar-refractivity contribution in [2.75, 3.05) is 13.6 Å². The number of rotatable bonds is 4. The maximum atomic E-state index is 11.5. The van der Waals surface area contributed by atoms with Gasteiger partial charge in [-0.3, -0.25) is 4.79 Å². The third-order valence-electron chi connectivity index (χ3n) is 2.76. The highest BCUT2D eigenvalue weighted by molar-refractivity contribution is 9.10. The Morgan fingerprint density at radius 2 is 2.18 bits per heavy atom. The smallest absolute Gasteiger partial charge is 0.250 e. The van der Waals surface area contributed by atoms with Gasteiger partial charge in [0.05, 0.1) is 0 Å². The Labute approximate surface area is 111 Å². The molecule has 0 spiro atoms. The van der Waals surface area contributed by atoms with Gasteiger partial charge in [-0.25, -0.2) is 0 Å². The topological polar surface area (TPSA) is 40.5 Å². The maximum Gasteiger partial charge on any atom is 0.250 e. The number of carbonyl (C=O) groups is 1. The summed E-state index contributed by atoms with van der Waals surface area (Å²) in [5, 5.41) is 9.19. The van der Waals surface area contributed by atoms with Gasteiger partial charge in [-0.15, -0.1) is 0 Å². The molecule has 1 atom stereocenters. The van der Waals surface area contributed by atoms with E-state index in [1.165, 1.54) is 18.1 Å². The van der Waals surface area contributed by atoms with E-state index in [-0.39, 0.29) is 5.91 Å². The zero-order chi connectivity index (χ0) is 13.0. The third kappa shape index (κ3) is 4.13. The summed E-state index contributed by atoms with van der Waals surface area (Å²) in [6.07, 6.45) is -0.135. The number of aliphatic hydroxyl groups is 1. The molecule has 0 bridgehead atoms. The van der Waals surface area contributed by atoms with Gasteiger partial charge in [-0.2, -0.15) is 0 Å². The lowest BCUT2D eigenvalue weighted by molar-refractivity contribution is -0.137. The van der Waals surface area contributed by atoms with E-state index in [0.29, 0.717) is 6.54 Å². The molecule has 1 aromatic rings. The first-order chi connectivity index (χ1) is 7.91. The van der Waals surface area contributed by atoms with Crippen LogP contribution in [0, 0.1) is 6.92 Å². The zero-order valence-corrected chi connectivity index (χ0v) is 12.0. The molecule has 0 saturated carbocycles. The normalized spacial score (nSPS) is 12.3. The molecule has 1 unspecified atom stereocenters. The molecule has 0 aliphatic heterocycles. The number of benzene rings is 1. The van der Waals surface area contributed by atoms with Crippen molar-refractivity contribution in [3.8, 4) is 0 Å².